The Morgan fingerprint density at radius 3 is 2.79 bits per heavy atom. The largest absolute Gasteiger partial charge is 0.461 e. The van der Waals surface area contributed by atoms with Gasteiger partial charge in [0.2, 0.25) is 0 Å². The number of rotatable bonds is 5. The molecule has 1 aliphatic carbocycles. The van der Waals surface area contributed by atoms with Crippen molar-refractivity contribution < 1.29 is 4.42 Å². The van der Waals surface area contributed by atoms with E-state index in [0.29, 0.717) is 4.75 Å². The Bertz CT molecular complexity index is 566. The minimum atomic E-state index is 0.493. The number of furan rings is 1. The number of aryl methyl sites for hydroxylation is 1. The minimum absolute atomic E-state index is 0.493. The molecule has 0 saturated heterocycles. The second-order valence-electron chi connectivity index (χ2n) is 5.48. The molecule has 1 saturated carbocycles. The smallest absolute Gasteiger partial charge is 0.134 e. The summed E-state index contributed by atoms with van der Waals surface area (Å²) in [5, 5.41) is 4.88. The van der Waals surface area contributed by atoms with Gasteiger partial charge in [0.15, 0.2) is 0 Å². The van der Waals surface area contributed by atoms with Gasteiger partial charge in [-0.2, -0.15) is 11.8 Å². The minimum Gasteiger partial charge on any atom is -0.461 e. The van der Waals surface area contributed by atoms with E-state index in [1.54, 1.807) is 0 Å². The highest BCUT2D eigenvalue weighted by Gasteiger charge is 2.35. The van der Waals surface area contributed by atoms with E-state index in [4.69, 9.17) is 4.42 Å². The van der Waals surface area contributed by atoms with E-state index >= 15 is 0 Å². The van der Waals surface area contributed by atoms with Gasteiger partial charge in [0, 0.05) is 28.8 Å². The standard InChI is InChI=1S/C16H21NOS/c1-12-14(13-6-3-4-7-15(13)18-12)10-17-11-16(19-2)8-5-9-16/h3-4,6-7,17H,5,8-11H2,1-2H3. The highest BCUT2D eigenvalue weighted by atomic mass is 32.2. The van der Waals surface area contributed by atoms with Gasteiger partial charge in [-0.3, -0.25) is 0 Å². The summed E-state index contributed by atoms with van der Waals surface area (Å²) < 4.78 is 6.30. The first-order chi connectivity index (χ1) is 9.24. The van der Waals surface area contributed by atoms with Gasteiger partial charge >= 0.3 is 0 Å². The third kappa shape index (κ3) is 2.41. The third-order valence-corrected chi connectivity index (χ3v) is 5.77. The summed E-state index contributed by atoms with van der Waals surface area (Å²) in [4.78, 5) is 0. The maximum absolute atomic E-state index is 5.80. The van der Waals surface area contributed by atoms with Crippen LogP contribution < -0.4 is 5.32 Å². The number of hydrogen-bond donors (Lipinski definition) is 1. The predicted octanol–water partition coefficient (Wildman–Crippen LogP) is 4.12. The molecular formula is C16H21NOS. The summed E-state index contributed by atoms with van der Waals surface area (Å²) >= 11 is 2.02. The average Bonchev–Trinajstić information content (AvgIpc) is 2.69. The normalized spacial score (nSPS) is 17.6. The van der Waals surface area contributed by atoms with E-state index in [1.807, 2.05) is 23.9 Å². The van der Waals surface area contributed by atoms with Crippen LogP contribution in [-0.4, -0.2) is 17.5 Å². The second-order valence-corrected chi connectivity index (χ2v) is 6.75. The van der Waals surface area contributed by atoms with Crippen LogP contribution in [0.2, 0.25) is 0 Å². The molecule has 19 heavy (non-hydrogen) atoms. The summed E-state index contributed by atoms with van der Waals surface area (Å²) in [6.07, 6.45) is 6.33. The molecule has 0 amide bonds. The molecule has 1 fully saturated rings. The fourth-order valence-electron chi connectivity index (χ4n) is 2.88. The highest BCUT2D eigenvalue weighted by molar-refractivity contribution is 8.00. The van der Waals surface area contributed by atoms with Crippen LogP contribution in [0.1, 0.15) is 30.6 Å². The third-order valence-electron chi connectivity index (χ3n) is 4.35. The quantitative estimate of drug-likeness (QED) is 0.888. The summed E-state index contributed by atoms with van der Waals surface area (Å²) in [7, 11) is 0. The van der Waals surface area contributed by atoms with Crippen molar-refractivity contribution in [3.63, 3.8) is 0 Å². The zero-order valence-electron chi connectivity index (χ0n) is 11.7. The monoisotopic (exact) mass is 275 g/mol. The van der Waals surface area contributed by atoms with Crippen molar-refractivity contribution in [1.29, 1.82) is 0 Å². The van der Waals surface area contributed by atoms with Crippen molar-refractivity contribution >= 4 is 22.7 Å². The summed E-state index contributed by atoms with van der Waals surface area (Å²) in [5.41, 5.74) is 2.31. The summed E-state index contributed by atoms with van der Waals surface area (Å²) in [6, 6.07) is 8.30. The molecular weight excluding hydrogens is 254 g/mol. The molecule has 3 rings (SSSR count). The van der Waals surface area contributed by atoms with Crippen molar-refractivity contribution in [3.05, 3.63) is 35.6 Å². The summed E-state index contributed by atoms with van der Waals surface area (Å²) in [6.45, 7) is 4.07. The van der Waals surface area contributed by atoms with E-state index in [2.05, 4.69) is 30.6 Å². The molecule has 2 aromatic rings. The van der Waals surface area contributed by atoms with E-state index in [9.17, 15) is 0 Å². The first-order valence-corrected chi connectivity index (χ1v) is 8.19. The first kappa shape index (κ1) is 13.1. The van der Waals surface area contributed by atoms with Crippen LogP contribution in [0.25, 0.3) is 11.0 Å². The number of nitrogens with one attached hydrogen (secondary N) is 1. The van der Waals surface area contributed by atoms with Crippen LogP contribution in [0.15, 0.2) is 28.7 Å². The topological polar surface area (TPSA) is 25.2 Å². The number of para-hydroxylation sites is 1. The molecule has 0 radical (unpaired) electrons. The van der Waals surface area contributed by atoms with E-state index in [1.165, 1.54) is 30.2 Å². The molecule has 102 valence electrons. The Morgan fingerprint density at radius 2 is 2.11 bits per heavy atom. The molecule has 1 aliphatic rings. The van der Waals surface area contributed by atoms with Gasteiger partial charge in [-0.05, 0) is 32.1 Å². The van der Waals surface area contributed by atoms with Crippen LogP contribution >= 0.6 is 11.8 Å². The molecule has 0 aliphatic heterocycles. The molecule has 1 heterocycles. The zero-order valence-corrected chi connectivity index (χ0v) is 12.5. The van der Waals surface area contributed by atoms with Gasteiger partial charge in [-0.25, -0.2) is 0 Å². The SMILES string of the molecule is CSC1(CNCc2c(C)oc3ccccc23)CCC1. The molecule has 3 heteroatoms. The van der Waals surface area contributed by atoms with Gasteiger partial charge in [0.05, 0.1) is 0 Å². The predicted molar refractivity (Wildman–Crippen MR) is 82.8 cm³/mol. The number of thioether (sulfide) groups is 1. The van der Waals surface area contributed by atoms with Crippen molar-refractivity contribution in [2.75, 3.05) is 12.8 Å². The average molecular weight is 275 g/mol. The Morgan fingerprint density at radius 1 is 1.32 bits per heavy atom. The first-order valence-electron chi connectivity index (χ1n) is 6.97. The van der Waals surface area contributed by atoms with Gasteiger partial charge < -0.3 is 9.73 Å². The maximum Gasteiger partial charge on any atom is 0.134 e. The van der Waals surface area contributed by atoms with E-state index in [0.717, 1.165) is 24.4 Å². The van der Waals surface area contributed by atoms with Crippen LogP contribution in [0, 0.1) is 6.92 Å². The zero-order chi connectivity index (χ0) is 13.3. The lowest BCUT2D eigenvalue weighted by molar-refractivity contribution is 0.345. The van der Waals surface area contributed by atoms with Gasteiger partial charge in [-0.1, -0.05) is 24.6 Å². The van der Waals surface area contributed by atoms with E-state index in [-0.39, 0.29) is 0 Å². The Labute approximate surface area is 118 Å². The molecule has 0 spiro atoms. The van der Waals surface area contributed by atoms with Crippen molar-refractivity contribution in [2.24, 2.45) is 0 Å². The molecule has 0 bridgehead atoms. The highest BCUT2D eigenvalue weighted by Crippen LogP contribution is 2.42. The maximum atomic E-state index is 5.80. The Balaban J connectivity index is 1.70. The molecule has 1 N–H and O–H groups in total. The lowest BCUT2D eigenvalue weighted by atomic mass is 9.84. The lowest BCUT2D eigenvalue weighted by Crippen LogP contribution is -2.43. The molecule has 1 aromatic carbocycles. The van der Waals surface area contributed by atoms with Crippen molar-refractivity contribution in [2.45, 2.75) is 37.5 Å². The molecule has 2 nitrogen and oxygen atoms in total. The van der Waals surface area contributed by atoms with Gasteiger partial charge in [0.25, 0.3) is 0 Å². The van der Waals surface area contributed by atoms with Crippen LogP contribution in [-0.2, 0) is 6.54 Å². The molecule has 1 aromatic heterocycles. The fraction of sp³-hybridized carbons (Fsp3) is 0.500. The Kier molecular flexibility index (Phi) is 3.59. The van der Waals surface area contributed by atoms with Crippen LogP contribution in [0.5, 0.6) is 0 Å². The van der Waals surface area contributed by atoms with Crippen LogP contribution in [0.3, 0.4) is 0 Å². The van der Waals surface area contributed by atoms with Crippen LogP contribution in [0.4, 0.5) is 0 Å². The molecule has 0 unspecified atom stereocenters. The number of hydrogen-bond acceptors (Lipinski definition) is 3. The van der Waals surface area contributed by atoms with Gasteiger partial charge in [0.1, 0.15) is 11.3 Å². The number of benzene rings is 1. The summed E-state index contributed by atoms with van der Waals surface area (Å²) in [5.74, 6) is 1.04. The lowest BCUT2D eigenvalue weighted by Gasteiger charge is -2.40. The Hall–Kier alpha value is -0.930. The fourth-order valence-corrected chi connectivity index (χ4v) is 3.82. The molecule has 0 atom stereocenters. The van der Waals surface area contributed by atoms with Gasteiger partial charge in [-0.15, -0.1) is 0 Å². The van der Waals surface area contributed by atoms with Crippen molar-refractivity contribution in [1.82, 2.24) is 5.32 Å². The number of fused-ring (bicyclic) bond motifs is 1. The van der Waals surface area contributed by atoms with E-state index < -0.39 is 0 Å². The second kappa shape index (κ2) is 5.22. The van der Waals surface area contributed by atoms with Crippen molar-refractivity contribution in [3.8, 4) is 0 Å².